The molecule has 98 valence electrons. The highest BCUT2D eigenvalue weighted by Crippen LogP contribution is 2.24. The van der Waals surface area contributed by atoms with Gasteiger partial charge in [0, 0.05) is 12.0 Å². The van der Waals surface area contributed by atoms with E-state index in [1.54, 1.807) is 12.1 Å². The van der Waals surface area contributed by atoms with Crippen molar-refractivity contribution in [2.24, 2.45) is 0 Å². The van der Waals surface area contributed by atoms with E-state index in [2.05, 4.69) is 0 Å². The van der Waals surface area contributed by atoms with Gasteiger partial charge in [-0.05, 0) is 36.6 Å². The van der Waals surface area contributed by atoms with Crippen molar-refractivity contribution in [3.8, 4) is 11.1 Å². The number of aliphatic carboxylic acids is 1. The van der Waals surface area contributed by atoms with Crippen LogP contribution < -0.4 is 0 Å². The van der Waals surface area contributed by atoms with E-state index in [1.807, 2.05) is 31.2 Å². The topological polar surface area (TPSA) is 37.3 Å². The lowest BCUT2D eigenvalue weighted by molar-refractivity contribution is -0.136. The third kappa shape index (κ3) is 3.41. The molecule has 0 spiro atoms. The average molecular weight is 258 g/mol. The van der Waals surface area contributed by atoms with Gasteiger partial charge < -0.3 is 5.11 Å². The van der Waals surface area contributed by atoms with Crippen LogP contribution >= 0.6 is 0 Å². The summed E-state index contributed by atoms with van der Waals surface area (Å²) in [6.45, 7) is 1.98. The van der Waals surface area contributed by atoms with Gasteiger partial charge in [-0.25, -0.2) is 4.39 Å². The maximum atomic E-state index is 13.8. The molecular weight excluding hydrogens is 243 g/mol. The lowest BCUT2D eigenvalue weighted by Gasteiger charge is -2.07. The minimum atomic E-state index is -0.846. The van der Waals surface area contributed by atoms with E-state index in [0.717, 1.165) is 16.7 Å². The normalized spacial score (nSPS) is 10.4. The van der Waals surface area contributed by atoms with E-state index in [0.29, 0.717) is 12.0 Å². The maximum Gasteiger partial charge on any atom is 0.303 e. The van der Waals surface area contributed by atoms with Crippen molar-refractivity contribution in [2.75, 3.05) is 0 Å². The molecule has 1 N–H and O–H groups in total. The van der Waals surface area contributed by atoms with Crippen molar-refractivity contribution >= 4 is 5.97 Å². The quantitative estimate of drug-likeness (QED) is 0.905. The predicted octanol–water partition coefficient (Wildman–Crippen LogP) is 3.82. The molecule has 19 heavy (non-hydrogen) atoms. The van der Waals surface area contributed by atoms with Crippen LogP contribution in [0.2, 0.25) is 0 Å². The third-order valence-corrected chi connectivity index (χ3v) is 3.02. The zero-order chi connectivity index (χ0) is 13.8. The van der Waals surface area contributed by atoms with Crippen LogP contribution in [0.25, 0.3) is 11.1 Å². The zero-order valence-electron chi connectivity index (χ0n) is 10.7. The fraction of sp³-hybridized carbons (Fsp3) is 0.188. The molecule has 3 heteroatoms. The van der Waals surface area contributed by atoms with E-state index >= 15 is 0 Å². The lowest BCUT2D eigenvalue weighted by Crippen LogP contribution is -1.98. The highest BCUT2D eigenvalue weighted by molar-refractivity contribution is 5.68. The Hall–Kier alpha value is -2.16. The second kappa shape index (κ2) is 5.65. The largest absolute Gasteiger partial charge is 0.481 e. The van der Waals surface area contributed by atoms with Crippen LogP contribution in [-0.2, 0) is 11.2 Å². The Morgan fingerprint density at radius 1 is 1.16 bits per heavy atom. The number of benzene rings is 2. The van der Waals surface area contributed by atoms with E-state index in [1.165, 1.54) is 6.07 Å². The number of rotatable bonds is 4. The van der Waals surface area contributed by atoms with E-state index in [4.69, 9.17) is 5.11 Å². The summed E-state index contributed by atoms with van der Waals surface area (Å²) in [5.41, 5.74) is 3.27. The summed E-state index contributed by atoms with van der Waals surface area (Å²) in [4.78, 5) is 10.6. The average Bonchev–Trinajstić information content (AvgIpc) is 2.39. The minimum Gasteiger partial charge on any atom is -0.481 e. The van der Waals surface area contributed by atoms with Crippen molar-refractivity contribution < 1.29 is 14.3 Å². The SMILES string of the molecule is Cc1ccc(-c2cc(CCC(=O)O)ccc2F)cc1. The molecule has 0 fully saturated rings. The van der Waals surface area contributed by atoms with Crippen molar-refractivity contribution in [3.05, 3.63) is 59.4 Å². The van der Waals surface area contributed by atoms with Gasteiger partial charge in [0.2, 0.25) is 0 Å². The summed E-state index contributed by atoms with van der Waals surface area (Å²) in [7, 11) is 0. The van der Waals surface area contributed by atoms with Crippen LogP contribution in [0.5, 0.6) is 0 Å². The molecule has 0 atom stereocenters. The molecule has 0 aromatic heterocycles. The Morgan fingerprint density at radius 2 is 1.84 bits per heavy atom. The summed E-state index contributed by atoms with van der Waals surface area (Å²) in [6.07, 6.45) is 0.466. The molecule has 0 aliphatic carbocycles. The molecule has 0 aliphatic rings. The third-order valence-electron chi connectivity index (χ3n) is 3.02. The second-order valence-electron chi connectivity index (χ2n) is 4.57. The molecule has 0 heterocycles. The lowest BCUT2D eigenvalue weighted by atomic mass is 9.99. The minimum absolute atomic E-state index is 0.0545. The summed E-state index contributed by atoms with van der Waals surface area (Å²) < 4.78 is 13.8. The number of carbonyl (C=O) groups is 1. The molecule has 2 aromatic rings. The molecule has 0 bridgehead atoms. The van der Waals surface area contributed by atoms with Gasteiger partial charge in [-0.3, -0.25) is 4.79 Å². The smallest absolute Gasteiger partial charge is 0.303 e. The number of hydrogen-bond donors (Lipinski definition) is 1. The number of halogens is 1. The summed E-state index contributed by atoms with van der Waals surface area (Å²) >= 11 is 0. The van der Waals surface area contributed by atoms with Crippen LogP contribution in [0.1, 0.15) is 17.5 Å². The van der Waals surface area contributed by atoms with E-state index in [-0.39, 0.29) is 12.2 Å². The van der Waals surface area contributed by atoms with Gasteiger partial charge in [0.15, 0.2) is 0 Å². The van der Waals surface area contributed by atoms with Gasteiger partial charge in [-0.2, -0.15) is 0 Å². The van der Waals surface area contributed by atoms with Crippen molar-refractivity contribution in [3.63, 3.8) is 0 Å². The van der Waals surface area contributed by atoms with Crippen LogP contribution in [0, 0.1) is 12.7 Å². The van der Waals surface area contributed by atoms with Gasteiger partial charge in [0.25, 0.3) is 0 Å². The highest BCUT2D eigenvalue weighted by Gasteiger charge is 2.07. The van der Waals surface area contributed by atoms with E-state index < -0.39 is 5.97 Å². The Morgan fingerprint density at radius 3 is 2.47 bits per heavy atom. The first-order valence-corrected chi connectivity index (χ1v) is 6.13. The molecule has 2 rings (SSSR count). The first kappa shape index (κ1) is 13.3. The van der Waals surface area contributed by atoms with Gasteiger partial charge in [-0.1, -0.05) is 35.9 Å². The molecular formula is C16H15FO2. The number of carboxylic acid groups (broad SMARTS) is 1. The van der Waals surface area contributed by atoms with Crippen LogP contribution in [-0.4, -0.2) is 11.1 Å². The number of hydrogen-bond acceptors (Lipinski definition) is 1. The summed E-state index contributed by atoms with van der Waals surface area (Å²) in [6, 6.07) is 12.4. The monoisotopic (exact) mass is 258 g/mol. The fourth-order valence-corrected chi connectivity index (χ4v) is 1.93. The second-order valence-corrected chi connectivity index (χ2v) is 4.57. The zero-order valence-corrected chi connectivity index (χ0v) is 10.7. The first-order chi connectivity index (χ1) is 9.06. The molecule has 0 saturated carbocycles. The Kier molecular flexibility index (Phi) is 3.95. The fourth-order valence-electron chi connectivity index (χ4n) is 1.93. The van der Waals surface area contributed by atoms with Gasteiger partial charge in [0.05, 0.1) is 0 Å². The summed E-state index contributed by atoms with van der Waals surface area (Å²) in [5, 5.41) is 8.67. The number of aryl methyl sites for hydroxylation is 2. The Bertz CT molecular complexity index is 588. The van der Waals surface area contributed by atoms with Gasteiger partial charge >= 0.3 is 5.97 Å². The highest BCUT2D eigenvalue weighted by atomic mass is 19.1. The van der Waals surface area contributed by atoms with Gasteiger partial charge in [-0.15, -0.1) is 0 Å². The molecule has 0 radical (unpaired) electrons. The molecule has 0 unspecified atom stereocenters. The summed E-state index contributed by atoms with van der Waals surface area (Å²) in [5.74, 6) is -1.14. The molecule has 0 amide bonds. The Balaban J connectivity index is 2.31. The van der Waals surface area contributed by atoms with E-state index in [9.17, 15) is 9.18 Å². The van der Waals surface area contributed by atoms with Crippen molar-refractivity contribution in [2.45, 2.75) is 19.8 Å². The van der Waals surface area contributed by atoms with Crippen molar-refractivity contribution in [1.29, 1.82) is 0 Å². The molecule has 2 aromatic carbocycles. The van der Waals surface area contributed by atoms with Gasteiger partial charge in [0.1, 0.15) is 5.82 Å². The van der Waals surface area contributed by atoms with Crippen LogP contribution in [0.3, 0.4) is 0 Å². The predicted molar refractivity (Wildman–Crippen MR) is 72.5 cm³/mol. The molecule has 0 aliphatic heterocycles. The van der Waals surface area contributed by atoms with Crippen LogP contribution in [0.4, 0.5) is 4.39 Å². The first-order valence-electron chi connectivity index (χ1n) is 6.13. The standard InChI is InChI=1S/C16H15FO2/c1-11-2-6-13(7-3-11)14-10-12(4-8-15(14)17)5-9-16(18)19/h2-4,6-8,10H,5,9H2,1H3,(H,18,19). The maximum absolute atomic E-state index is 13.8. The molecule has 2 nitrogen and oxygen atoms in total. The van der Waals surface area contributed by atoms with Crippen LogP contribution in [0.15, 0.2) is 42.5 Å². The Labute approximate surface area is 111 Å². The molecule has 0 saturated heterocycles. The van der Waals surface area contributed by atoms with Crippen molar-refractivity contribution in [1.82, 2.24) is 0 Å². The number of carboxylic acids is 1.